The Morgan fingerprint density at radius 2 is 1.64 bits per heavy atom. The number of nitrogens with two attached hydrogens (primary N) is 1. The van der Waals surface area contributed by atoms with Gasteiger partial charge in [0.1, 0.15) is 42.4 Å². The number of rotatable bonds is 11. The molecule has 0 spiro atoms. The van der Waals surface area contributed by atoms with Gasteiger partial charge < -0.3 is 45.4 Å². The van der Waals surface area contributed by atoms with Gasteiger partial charge in [-0.05, 0) is 13.0 Å². The van der Waals surface area contributed by atoms with Gasteiger partial charge in [-0.15, -0.1) is 0 Å². The quantitative estimate of drug-likeness (QED) is 0.0669. The summed E-state index contributed by atoms with van der Waals surface area (Å²) in [6.45, 7) is -0.430. The van der Waals surface area contributed by atoms with E-state index in [0.29, 0.717) is 5.56 Å². The number of aliphatic hydroxyl groups is 4. The largest absolute Gasteiger partial charge is 0.481 e. The molecule has 22 heteroatoms. The minimum Gasteiger partial charge on any atom is -0.387 e. The Balaban J connectivity index is 1.16. The van der Waals surface area contributed by atoms with Crippen molar-refractivity contribution in [3.8, 4) is 0 Å². The molecular formula is C22H29N6O14P2+. The number of aromatic nitrogens is 5. The number of carbonyl (C=O) groups is 1. The lowest BCUT2D eigenvalue weighted by Crippen LogP contribution is -2.46. The Morgan fingerprint density at radius 1 is 1.00 bits per heavy atom. The summed E-state index contributed by atoms with van der Waals surface area (Å²) >= 11 is 0. The second-order valence-electron chi connectivity index (χ2n) is 9.88. The summed E-state index contributed by atoms with van der Waals surface area (Å²) in [6.07, 6.45) is -6.47. The van der Waals surface area contributed by atoms with Crippen molar-refractivity contribution in [1.82, 2.24) is 19.5 Å². The lowest BCUT2D eigenvalue weighted by molar-refractivity contribution is -0.765. The zero-order valence-corrected chi connectivity index (χ0v) is 24.4. The van der Waals surface area contributed by atoms with E-state index in [0.717, 1.165) is 6.33 Å². The number of ketones is 1. The molecule has 2 unspecified atom stereocenters. The minimum atomic E-state index is -5.36. The van der Waals surface area contributed by atoms with Crippen molar-refractivity contribution in [3.05, 3.63) is 42.7 Å². The lowest BCUT2D eigenvalue weighted by Gasteiger charge is -2.20. The van der Waals surface area contributed by atoms with Gasteiger partial charge in [0.25, 0.3) is 6.23 Å². The summed E-state index contributed by atoms with van der Waals surface area (Å²) in [4.78, 5) is 43.6. The van der Waals surface area contributed by atoms with E-state index in [2.05, 4.69) is 19.3 Å². The highest BCUT2D eigenvalue weighted by molar-refractivity contribution is 7.61. The van der Waals surface area contributed by atoms with Gasteiger partial charge in [-0.2, -0.15) is 8.88 Å². The van der Waals surface area contributed by atoms with Crippen molar-refractivity contribution in [2.75, 3.05) is 18.9 Å². The fraction of sp³-hybridized carbons (Fsp3) is 0.500. The number of aliphatic hydroxyl groups excluding tert-OH is 4. The number of hydrogen-bond acceptors (Lipinski definition) is 16. The van der Waals surface area contributed by atoms with Crippen LogP contribution in [0.15, 0.2) is 37.2 Å². The molecule has 2 saturated heterocycles. The molecule has 0 radical (unpaired) electrons. The predicted molar refractivity (Wildman–Crippen MR) is 141 cm³/mol. The first-order valence-corrected chi connectivity index (χ1v) is 15.8. The third kappa shape index (κ3) is 6.73. The number of carbonyl (C=O) groups excluding carboxylic acids is 1. The summed E-state index contributed by atoms with van der Waals surface area (Å²) < 4.78 is 52.2. The zero-order chi connectivity index (χ0) is 32.0. The molecule has 2 aliphatic rings. The fourth-order valence-corrected chi connectivity index (χ4v) is 6.73. The van der Waals surface area contributed by atoms with Crippen molar-refractivity contribution in [1.29, 1.82) is 0 Å². The average Bonchev–Trinajstić information content (AvgIpc) is 3.61. The Bertz CT molecular complexity index is 1630. The van der Waals surface area contributed by atoms with E-state index in [9.17, 15) is 44.1 Å². The molecule has 5 rings (SSSR count). The lowest BCUT2D eigenvalue weighted by atomic mass is 10.1. The molecule has 10 atom stereocenters. The van der Waals surface area contributed by atoms with Crippen molar-refractivity contribution in [2.24, 2.45) is 0 Å². The molecule has 0 saturated carbocycles. The van der Waals surface area contributed by atoms with Gasteiger partial charge in [0.05, 0.1) is 25.1 Å². The molecule has 44 heavy (non-hydrogen) atoms. The van der Waals surface area contributed by atoms with E-state index < -0.39 is 77.9 Å². The van der Waals surface area contributed by atoms with Gasteiger partial charge in [0.15, 0.2) is 42.0 Å². The third-order valence-corrected chi connectivity index (χ3v) is 9.47. The maximum absolute atomic E-state index is 12.4. The van der Waals surface area contributed by atoms with E-state index in [-0.39, 0.29) is 22.8 Å². The molecule has 240 valence electrons. The first-order chi connectivity index (χ1) is 20.7. The first kappa shape index (κ1) is 32.6. The van der Waals surface area contributed by atoms with Crippen LogP contribution in [0.5, 0.6) is 0 Å². The Morgan fingerprint density at radius 3 is 2.30 bits per heavy atom. The molecule has 3 aromatic rings. The van der Waals surface area contributed by atoms with Gasteiger partial charge in [0.2, 0.25) is 0 Å². The van der Waals surface area contributed by atoms with Crippen molar-refractivity contribution < 1.29 is 71.5 Å². The van der Waals surface area contributed by atoms with Crippen LogP contribution in [0.25, 0.3) is 11.2 Å². The summed E-state index contributed by atoms with van der Waals surface area (Å²) in [5, 5.41) is 41.7. The smallest absolute Gasteiger partial charge is 0.387 e. The van der Waals surface area contributed by atoms with Gasteiger partial charge in [-0.3, -0.25) is 18.4 Å². The molecule has 0 aliphatic carbocycles. The van der Waals surface area contributed by atoms with Crippen LogP contribution >= 0.6 is 15.6 Å². The molecule has 20 nitrogen and oxygen atoms in total. The predicted octanol–water partition coefficient (Wildman–Crippen LogP) is -1.91. The maximum atomic E-state index is 12.4. The third-order valence-electron chi connectivity index (χ3n) is 6.87. The molecule has 2 fully saturated rings. The molecule has 8 N–H and O–H groups in total. The Hall–Kier alpha value is -2.81. The Labute approximate surface area is 247 Å². The number of imidazole rings is 1. The Kier molecular flexibility index (Phi) is 9.28. The number of anilines is 1. The summed E-state index contributed by atoms with van der Waals surface area (Å²) in [5.41, 5.74) is 6.41. The van der Waals surface area contributed by atoms with Gasteiger partial charge in [-0.1, -0.05) is 0 Å². The van der Waals surface area contributed by atoms with Crippen molar-refractivity contribution in [3.63, 3.8) is 0 Å². The normalized spacial score (nSPS) is 31.6. The number of ether oxygens (including phenoxy) is 2. The second-order valence-corrected chi connectivity index (χ2v) is 12.9. The van der Waals surface area contributed by atoms with Crippen LogP contribution < -0.4 is 10.3 Å². The second kappa shape index (κ2) is 12.5. The van der Waals surface area contributed by atoms with Crippen LogP contribution in [-0.4, -0.2) is 105 Å². The topological polar surface area (TPSA) is 292 Å². The number of nitrogens with zero attached hydrogens (tertiary/aromatic N) is 5. The SMILES string of the molecule is CC(=O)c1ccc[n+]([C@H]2O[C@@H](COP(=O)(O)OP(=O)(O)OC[C@H]3O[C@@H](n4cnc5c(N)ncnc54)[C@@H](O)[C@H]3O)[C@@H](O)[C@H]2O)c1. The van der Waals surface area contributed by atoms with E-state index in [1.807, 2.05) is 0 Å². The minimum absolute atomic E-state index is 0.0547. The highest BCUT2D eigenvalue weighted by Crippen LogP contribution is 2.60. The van der Waals surface area contributed by atoms with Gasteiger partial charge >= 0.3 is 15.6 Å². The highest BCUT2D eigenvalue weighted by atomic mass is 31.3. The van der Waals surface area contributed by atoms with Crippen molar-refractivity contribution in [2.45, 2.75) is 56.0 Å². The fourth-order valence-electron chi connectivity index (χ4n) is 4.64. The number of pyridine rings is 1. The van der Waals surface area contributed by atoms with Crippen LogP contribution in [0, 0.1) is 0 Å². The number of phosphoric acid groups is 2. The molecule has 0 bridgehead atoms. The molecule has 5 heterocycles. The molecule has 3 aromatic heterocycles. The number of nitrogen functional groups attached to an aromatic ring is 1. The number of phosphoric ester groups is 2. The average molecular weight is 663 g/mol. The van der Waals surface area contributed by atoms with Crippen molar-refractivity contribution >= 4 is 38.4 Å². The van der Waals surface area contributed by atoms with E-state index >= 15 is 0 Å². The number of hydrogen-bond donors (Lipinski definition) is 7. The summed E-state index contributed by atoms with van der Waals surface area (Å²) in [7, 11) is -10.7. The van der Waals surface area contributed by atoms with Crippen LogP contribution in [0.1, 0.15) is 29.7 Å². The molecule has 2 aliphatic heterocycles. The van der Waals surface area contributed by atoms with Crippen LogP contribution in [0.3, 0.4) is 0 Å². The van der Waals surface area contributed by atoms with Gasteiger partial charge in [-0.25, -0.2) is 24.1 Å². The molecule has 0 amide bonds. The number of Topliss-reactive ketones (excluding diaryl/α,β-unsaturated/α-hetero) is 1. The zero-order valence-electron chi connectivity index (χ0n) is 22.7. The van der Waals surface area contributed by atoms with Crippen LogP contribution in [0.2, 0.25) is 0 Å². The van der Waals surface area contributed by atoms with Crippen LogP contribution in [0.4, 0.5) is 5.82 Å². The maximum Gasteiger partial charge on any atom is 0.481 e. The van der Waals surface area contributed by atoms with E-state index in [4.69, 9.17) is 24.3 Å². The standard InChI is InChI=1S/C22H28N6O14P2/c1-10(29)11-3-2-4-27(5-11)21-17(32)15(30)12(40-21)6-38-43(34,35)42-44(36,37)39-7-13-16(31)18(33)22(41-13)28-9-26-14-19(23)24-8-25-20(14)28/h2-5,8-9,12-13,15-18,21-22,30-33H,6-7H2,1H3,(H3-,23,24,25,34,35,36,37)/p+1/t12-,13+,15+,16-,17+,18-,21-,22+/m0/s1. The van der Waals surface area contributed by atoms with E-state index in [1.165, 1.54) is 46.9 Å². The first-order valence-electron chi connectivity index (χ1n) is 12.8. The number of fused-ring (bicyclic) bond motifs is 1. The molecular weight excluding hydrogens is 634 g/mol. The summed E-state index contributed by atoms with van der Waals surface area (Å²) in [5.74, 6) is -0.210. The van der Waals surface area contributed by atoms with E-state index in [1.54, 1.807) is 0 Å². The highest BCUT2D eigenvalue weighted by Gasteiger charge is 2.50. The summed E-state index contributed by atoms with van der Waals surface area (Å²) in [6, 6.07) is 3.04. The van der Waals surface area contributed by atoms with Crippen LogP contribution in [-0.2, 0) is 32.0 Å². The van der Waals surface area contributed by atoms with Gasteiger partial charge in [0, 0.05) is 6.07 Å². The monoisotopic (exact) mass is 663 g/mol. The molecule has 0 aromatic carbocycles.